The van der Waals surface area contributed by atoms with Gasteiger partial charge in [0.15, 0.2) is 0 Å². The first-order valence-corrected chi connectivity index (χ1v) is 11.5. The van der Waals surface area contributed by atoms with Gasteiger partial charge in [0, 0.05) is 51.7 Å². The van der Waals surface area contributed by atoms with Gasteiger partial charge in [-0.2, -0.15) is 0 Å². The molecule has 0 bridgehead atoms. The van der Waals surface area contributed by atoms with Crippen LogP contribution < -0.4 is 0 Å². The Balaban J connectivity index is 1.17. The number of nitrogens with zero attached hydrogens (tertiary/aromatic N) is 4. The summed E-state index contributed by atoms with van der Waals surface area (Å²) in [6, 6.07) is 19.8. The lowest BCUT2D eigenvalue weighted by Crippen LogP contribution is -2.50. The first-order chi connectivity index (χ1) is 15.2. The maximum atomic E-state index is 13.1. The minimum Gasteiger partial charge on any atom is -0.353 e. The Bertz CT molecular complexity index is 1050. The van der Waals surface area contributed by atoms with Gasteiger partial charge in [-0.1, -0.05) is 42.5 Å². The van der Waals surface area contributed by atoms with Crippen LogP contribution in [0.4, 0.5) is 0 Å². The molecule has 2 saturated heterocycles. The summed E-state index contributed by atoms with van der Waals surface area (Å²) in [4.78, 5) is 20.0. The third-order valence-electron chi connectivity index (χ3n) is 7.03. The summed E-state index contributed by atoms with van der Waals surface area (Å²) in [7, 11) is 2.10. The fraction of sp³-hybridized carbons (Fsp3) is 0.423. The molecule has 0 N–H and O–H groups in total. The second-order valence-corrected chi connectivity index (χ2v) is 8.97. The van der Waals surface area contributed by atoms with Crippen LogP contribution in [0.2, 0.25) is 0 Å². The number of piperazine rings is 1. The number of carbonyl (C=O) groups is 1. The van der Waals surface area contributed by atoms with Gasteiger partial charge in [0.1, 0.15) is 0 Å². The molecule has 2 aliphatic rings. The van der Waals surface area contributed by atoms with Crippen LogP contribution in [0.25, 0.3) is 10.8 Å². The van der Waals surface area contributed by atoms with E-state index in [1.54, 1.807) is 0 Å². The highest BCUT2D eigenvalue weighted by Crippen LogP contribution is 2.31. The fourth-order valence-electron chi connectivity index (χ4n) is 5.27. The molecule has 1 aromatic heterocycles. The number of benzene rings is 2. The average Bonchev–Trinajstić information content (AvgIpc) is 3.42. The van der Waals surface area contributed by atoms with Crippen molar-refractivity contribution in [1.29, 1.82) is 0 Å². The van der Waals surface area contributed by atoms with Crippen molar-refractivity contribution in [2.75, 3.05) is 39.3 Å². The number of rotatable bonds is 5. The van der Waals surface area contributed by atoms with Crippen molar-refractivity contribution < 1.29 is 4.79 Å². The molecule has 5 heteroatoms. The van der Waals surface area contributed by atoms with E-state index in [1.165, 1.54) is 28.5 Å². The van der Waals surface area contributed by atoms with E-state index in [0.29, 0.717) is 12.6 Å². The molecule has 1 amide bonds. The summed E-state index contributed by atoms with van der Waals surface area (Å²) in [6.07, 6.45) is 4.41. The Morgan fingerprint density at radius 3 is 2.55 bits per heavy atom. The number of likely N-dealkylation sites (tertiary alicyclic amines) is 1. The van der Waals surface area contributed by atoms with Crippen molar-refractivity contribution in [2.45, 2.75) is 25.4 Å². The van der Waals surface area contributed by atoms with Gasteiger partial charge in [-0.05, 0) is 47.9 Å². The molecular weight excluding hydrogens is 384 g/mol. The van der Waals surface area contributed by atoms with Gasteiger partial charge in [0.2, 0.25) is 5.91 Å². The van der Waals surface area contributed by atoms with Crippen molar-refractivity contribution in [2.24, 2.45) is 7.05 Å². The molecule has 0 unspecified atom stereocenters. The highest BCUT2D eigenvalue weighted by atomic mass is 16.2. The number of aromatic nitrogens is 1. The van der Waals surface area contributed by atoms with E-state index in [2.05, 4.69) is 87.1 Å². The number of amides is 1. The molecule has 0 radical (unpaired) electrons. The second-order valence-electron chi connectivity index (χ2n) is 8.97. The van der Waals surface area contributed by atoms with Crippen LogP contribution >= 0.6 is 0 Å². The minimum atomic E-state index is 0.283. The lowest BCUT2D eigenvalue weighted by Gasteiger charge is -2.36. The molecule has 2 fully saturated rings. The molecule has 1 atom stereocenters. The normalized spacial score (nSPS) is 20.5. The molecule has 31 heavy (non-hydrogen) atoms. The standard InChI is InChI=1S/C26H32N4O/c1-27-13-5-11-24(27)25-12-6-14-30(25)20-26(31)29-17-15-28(16-18-29)19-22-9-4-8-21-7-2-3-10-23(21)22/h2-5,7-11,13,25H,6,12,14-20H2,1H3/t25-/m0/s1. The van der Waals surface area contributed by atoms with Gasteiger partial charge >= 0.3 is 0 Å². The van der Waals surface area contributed by atoms with E-state index >= 15 is 0 Å². The zero-order chi connectivity index (χ0) is 21.2. The quantitative estimate of drug-likeness (QED) is 0.636. The van der Waals surface area contributed by atoms with Crippen molar-refractivity contribution in [3.05, 3.63) is 72.1 Å². The number of carbonyl (C=O) groups excluding carboxylic acids is 1. The van der Waals surface area contributed by atoms with E-state index in [1.807, 2.05) is 0 Å². The summed E-state index contributed by atoms with van der Waals surface area (Å²) in [5, 5.41) is 2.64. The van der Waals surface area contributed by atoms with Crippen molar-refractivity contribution >= 4 is 16.7 Å². The molecule has 3 heterocycles. The van der Waals surface area contributed by atoms with Crippen LogP contribution in [0.5, 0.6) is 0 Å². The first kappa shape index (κ1) is 20.3. The predicted octanol–water partition coefficient (Wildman–Crippen LogP) is 3.66. The number of hydrogen-bond donors (Lipinski definition) is 0. The third kappa shape index (κ3) is 4.25. The van der Waals surface area contributed by atoms with Crippen molar-refractivity contribution in [1.82, 2.24) is 19.3 Å². The highest BCUT2D eigenvalue weighted by molar-refractivity contribution is 5.85. The molecule has 3 aromatic rings. The number of hydrogen-bond acceptors (Lipinski definition) is 3. The summed E-state index contributed by atoms with van der Waals surface area (Å²) in [5.41, 5.74) is 2.70. The maximum Gasteiger partial charge on any atom is 0.236 e. The van der Waals surface area contributed by atoms with Crippen LogP contribution in [0.15, 0.2) is 60.8 Å². The van der Waals surface area contributed by atoms with E-state index in [0.717, 1.165) is 45.7 Å². The monoisotopic (exact) mass is 416 g/mol. The summed E-state index contributed by atoms with van der Waals surface area (Å²) < 4.78 is 2.19. The zero-order valence-corrected chi connectivity index (χ0v) is 18.4. The molecule has 0 spiro atoms. The molecule has 5 nitrogen and oxygen atoms in total. The van der Waals surface area contributed by atoms with E-state index in [9.17, 15) is 4.79 Å². The Kier molecular flexibility index (Phi) is 5.79. The maximum absolute atomic E-state index is 13.1. The van der Waals surface area contributed by atoms with Crippen LogP contribution in [0.1, 0.15) is 30.1 Å². The summed E-state index contributed by atoms with van der Waals surface area (Å²) in [5.74, 6) is 0.283. The van der Waals surface area contributed by atoms with Gasteiger partial charge in [0.25, 0.3) is 0 Å². The van der Waals surface area contributed by atoms with Crippen molar-refractivity contribution in [3.63, 3.8) is 0 Å². The SMILES string of the molecule is Cn1cccc1[C@@H]1CCCN1CC(=O)N1CCN(Cc2cccc3ccccc23)CC1. The topological polar surface area (TPSA) is 31.7 Å². The van der Waals surface area contributed by atoms with Crippen molar-refractivity contribution in [3.8, 4) is 0 Å². The molecule has 5 rings (SSSR count). The Hall–Kier alpha value is -2.63. The number of fused-ring (bicyclic) bond motifs is 1. The van der Waals surface area contributed by atoms with Crippen LogP contribution in [0, 0.1) is 0 Å². The zero-order valence-electron chi connectivity index (χ0n) is 18.4. The highest BCUT2D eigenvalue weighted by Gasteiger charge is 2.31. The smallest absolute Gasteiger partial charge is 0.236 e. The van der Waals surface area contributed by atoms with Crippen LogP contribution in [-0.2, 0) is 18.4 Å². The minimum absolute atomic E-state index is 0.283. The van der Waals surface area contributed by atoms with Gasteiger partial charge in [-0.3, -0.25) is 14.6 Å². The molecule has 162 valence electrons. The summed E-state index contributed by atoms with van der Waals surface area (Å²) >= 11 is 0. The third-order valence-corrected chi connectivity index (χ3v) is 7.03. The van der Waals surface area contributed by atoms with Gasteiger partial charge in [-0.25, -0.2) is 0 Å². The van der Waals surface area contributed by atoms with E-state index in [-0.39, 0.29) is 5.91 Å². The van der Waals surface area contributed by atoms with E-state index in [4.69, 9.17) is 0 Å². The largest absolute Gasteiger partial charge is 0.353 e. The molecule has 2 aliphatic heterocycles. The lowest BCUT2D eigenvalue weighted by molar-refractivity contribution is -0.134. The Morgan fingerprint density at radius 2 is 1.74 bits per heavy atom. The molecular formula is C26H32N4O. The van der Waals surface area contributed by atoms with E-state index < -0.39 is 0 Å². The van der Waals surface area contributed by atoms with Gasteiger partial charge in [0.05, 0.1) is 12.6 Å². The Labute approximate surface area is 184 Å². The second kappa shape index (κ2) is 8.85. The lowest BCUT2D eigenvalue weighted by atomic mass is 10.0. The average molecular weight is 417 g/mol. The molecule has 0 aliphatic carbocycles. The first-order valence-electron chi connectivity index (χ1n) is 11.5. The summed E-state index contributed by atoms with van der Waals surface area (Å²) in [6.45, 7) is 6.04. The van der Waals surface area contributed by atoms with Gasteiger partial charge < -0.3 is 9.47 Å². The number of aryl methyl sites for hydroxylation is 1. The molecule has 0 saturated carbocycles. The van der Waals surface area contributed by atoms with Crippen LogP contribution in [0.3, 0.4) is 0 Å². The molecule has 2 aromatic carbocycles. The van der Waals surface area contributed by atoms with Crippen LogP contribution in [-0.4, -0.2) is 64.4 Å². The van der Waals surface area contributed by atoms with Gasteiger partial charge in [-0.15, -0.1) is 0 Å². The predicted molar refractivity (Wildman–Crippen MR) is 125 cm³/mol. The Morgan fingerprint density at radius 1 is 0.935 bits per heavy atom. The fourth-order valence-corrected chi connectivity index (χ4v) is 5.27.